The van der Waals surface area contributed by atoms with Gasteiger partial charge in [-0.1, -0.05) is 17.2 Å². The van der Waals surface area contributed by atoms with Crippen LogP contribution >= 0.6 is 0 Å². The highest BCUT2D eigenvalue weighted by Crippen LogP contribution is 2.32. The van der Waals surface area contributed by atoms with E-state index in [0.29, 0.717) is 23.4 Å². The third kappa shape index (κ3) is 5.37. The van der Waals surface area contributed by atoms with Gasteiger partial charge in [0.15, 0.2) is 5.78 Å². The largest absolute Gasteiger partial charge is 0.416 e. The summed E-state index contributed by atoms with van der Waals surface area (Å²) in [5.74, 6) is -0.408. The number of azide groups is 1. The number of carbonyl (C=O) groups excluding carboxylic acids is 1. The second-order valence-electron chi connectivity index (χ2n) is 7.31. The number of Topliss-reactive ketones (excluding diaryl/α,β-unsaturated/α-hetero) is 1. The quantitative estimate of drug-likeness (QED) is 0.258. The topological polar surface area (TPSA) is 69.1 Å². The number of likely N-dealkylation sites (tertiary alicyclic amines) is 1. The molecule has 152 valence electrons. The number of hydrogen-bond donors (Lipinski definition) is 0. The van der Waals surface area contributed by atoms with Crippen LogP contribution in [-0.2, 0) is 19.1 Å². The van der Waals surface area contributed by atoms with Crippen LogP contribution in [-0.4, -0.2) is 23.8 Å². The number of aryl methyl sites for hydroxylation is 1. The molecule has 0 bridgehead atoms. The first-order chi connectivity index (χ1) is 13.8. The van der Waals surface area contributed by atoms with E-state index in [-0.39, 0.29) is 12.0 Å². The number of rotatable bonds is 6. The fourth-order valence-corrected chi connectivity index (χ4v) is 3.52. The number of benzene rings is 2. The van der Waals surface area contributed by atoms with Crippen molar-refractivity contribution in [1.29, 1.82) is 0 Å². The van der Waals surface area contributed by atoms with E-state index >= 15 is 0 Å². The molecule has 2 aromatic carbocycles. The minimum absolute atomic E-state index is 0.0416. The first kappa shape index (κ1) is 20.9. The predicted octanol–water partition coefficient (Wildman–Crippen LogP) is 5.98. The highest BCUT2D eigenvalue weighted by molar-refractivity contribution is 5.98. The Morgan fingerprint density at radius 1 is 1.14 bits per heavy atom. The van der Waals surface area contributed by atoms with Gasteiger partial charge >= 0.3 is 6.18 Å². The molecule has 0 atom stereocenters. The Balaban J connectivity index is 1.88. The van der Waals surface area contributed by atoms with Gasteiger partial charge in [-0.2, -0.15) is 13.2 Å². The minimum atomic E-state index is -4.52. The number of hydrogen-bond acceptors (Lipinski definition) is 3. The highest BCUT2D eigenvalue weighted by atomic mass is 19.4. The molecular weight excluding hydrogens is 381 g/mol. The summed E-state index contributed by atoms with van der Waals surface area (Å²) in [6, 6.07) is 8.61. The highest BCUT2D eigenvalue weighted by Gasteiger charge is 2.32. The Kier molecular flexibility index (Phi) is 6.25. The lowest BCUT2D eigenvalue weighted by atomic mass is 9.97. The number of carbonyl (C=O) groups is 1. The summed E-state index contributed by atoms with van der Waals surface area (Å²) in [6.07, 6.45) is -2.52. The van der Waals surface area contributed by atoms with Crippen molar-refractivity contribution >= 4 is 11.5 Å². The Morgan fingerprint density at radius 2 is 1.86 bits per heavy atom. The third-order valence-corrected chi connectivity index (χ3v) is 5.04. The normalized spacial score (nSPS) is 14.6. The van der Waals surface area contributed by atoms with Gasteiger partial charge in [0.1, 0.15) is 0 Å². The smallest absolute Gasteiger partial charge is 0.299 e. The van der Waals surface area contributed by atoms with Crippen molar-refractivity contribution in [3.63, 3.8) is 0 Å². The Hall–Kier alpha value is -2.83. The molecular formula is C21H21F3N4O. The average molecular weight is 402 g/mol. The van der Waals surface area contributed by atoms with Crippen molar-refractivity contribution in [1.82, 2.24) is 4.90 Å². The molecule has 1 heterocycles. The zero-order valence-electron chi connectivity index (χ0n) is 16.0. The van der Waals surface area contributed by atoms with Gasteiger partial charge in [-0.05, 0) is 79.3 Å². The molecule has 29 heavy (non-hydrogen) atoms. The molecule has 1 aliphatic heterocycles. The Labute approximate surface area is 166 Å². The zero-order chi connectivity index (χ0) is 21.0. The van der Waals surface area contributed by atoms with Crippen LogP contribution in [0.15, 0.2) is 41.5 Å². The molecule has 0 unspecified atom stereocenters. The van der Waals surface area contributed by atoms with Crippen LogP contribution in [0.1, 0.15) is 45.5 Å². The van der Waals surface area contributed by atoms with Gasteiger partial charge < -0.3 is 0 Å². The molecule has 8 heteroatoms. The molecule has 0 aliphatic carbocycles. The summed E-state index contributed by atoms with van der Waals surface area (Å²) >= 11 is 0. The molecule has 1 fully saturated rings. The third-order valence-electron chi connectivity index (χ3n) is 5.04. The molecule has 2 aromatic rings. The summed E-state index contributed by atoms with van der Waals surface area (Å²) in [5.41, 5.74) is 10.1. The van der Waals surface area contributed by atoms with Crippen LogP contribution in [0, 0.1) is 6.92 Å². The van der Waals surface area contributed by atoms with Crippen molar-refractivity contribution in [3.05, 3.63) is 74.7 Å². The molecule has 1 aliphatic rings. The van der Waals surface area contributed by atoms with Crippen molar-refractivity contribution in [2.45, 2.75) is 38.9 Å². The van der Waals surface area contributed by atoms with Gasteiger partial charge in [0, 0.05) is 29.1 Å². The maximum atomic E-state index is 13.4. The number of nitrogens with zero attached hydrogens (tertiary/aromatic N) is 4. The van der Waals surface area contributed by atoms with Crippen molar-refractivity contribution in [3.8, 4) is 0 Å². The average Bonchev–Trinajstić information content (AvgIpc) is 3.16. The van der Waals surface area contributed by atoms with Crippen LogP contribution in [0.2, 0.25) is 0 Å². The van der Waals surface area contributed by atoms with E-state index in [0.717, 1.165) is 43.6 Å². The Morgan fingerprint density at radius 3 is 2.52 bits per heavy atom. The number of halogens is 3. The molecule has 5 nitrogen and oxygen atoms in total. The van der Waals surface area contributed by atoms with Crippen LogP contribution in [0.25, 0.3) is 10.4 Å². The van der Waals surface area contributed by atoms with Gasteiger partial charge in [0.25, 0.3) is 0 Å². The van der Waals surface area contributed by atoms with Crippen LogP contribution in [0.4, 0.5) is 18.9 Å². The molecule has 0 radical (unpaired) electrons. The molecule has 3 rings (SSSR count). The maximum absolute atomic E-state index is 13.4. The number of ketones is 1. The summed E-state index contributed by atoms with van der Waals surface area (Å²) in [7, 11) is 0. The number of alkyl halides is 3. The summed E-state index contributed by atoms with van der Waals surface area (Å²) in [4.78, 5) is 17.6. The lowest BCUT2D eigenvalue weighted by Gasteiger charge is -2.17. The molecule has 0 amide bonds. The first-order valence-corrected chi connectivity index (χ1v) is 9.37. The van der Waals surface area contributed by atoms with Gasteiger partial charge in [-0.3, -0.25) is 9.69 Å². The lowest BCUT2D eigenvalue weighted by Crippen LogP contribution is -2.19. The van der Waals surface area contributed by atoms with E-state index in [1.807, 2.05) is 0 Å². The van der Waals surface area contributed by atoms with Crippen LogP contribution in [0.5, 0.6) is 0 Å². The van der Waals surface area contributed by atoms with E-state index in [1.54, 1.807) is 31.2 Å². The lowest BCUT2D eigenvalue weighted by molar-refractivity contribution is -0.137. The van der Waals surface area contributed by atoms with Crippen molar-refractivity contribution < 1.29 is 18.0 Å². The summed E-state index contributed by atoms with van der Waals surface area (Å²) in [5, 5.41) is 3.58. The SMILES string of the molecule is Cc1ccc(CC(=O)c2cc(CN3CCCC3)cc(C(F)(F)F)c2)cc1N=[N+]=[N-]. The molecule has 0 N–H and O–H groups in total. The Bertz CT molecular complexity index is 959. The van der Waals surface area contributed by atoms with E-state index < -0.39 is 17.5 Å². The van der Waals surface area contributed by atoms with Crippen LogP contribution < -0.4 is 0 Å². The minimum Gasteiger partial charge on any atom is -0.299 e. The molecule has 0 saturated carbocycles. The van der Waals surface area contributed by atoms with Gasteiger partial charge in [-0.15, -0.1) is 0 Å². The maximum Gasteiger partial charge on any atom is 0.416 e. The second-order valence-corrected chi connectivity index (χ2v) is 7.31. The van der Waals surface area contributed by atoms with Gasteiger partial charge in [0.05, 0.1) is 5.56 Å². The van der Waals surface area contributed by atoms with Crippen LogP contribution in [0.3, 0.4) is 0 Å². The summed E-state index contributed by atoms with van der Waals surface area (Å²) in [6.45, 7) is 3.87. The van der Waals surface area contributed by atoms with E-state index in [1.165, 1.54) is 0 Å². The molecule has 1 saturated heterocycles. The van der Waals surface area contributed by atoms with Crippen molar-refractivity contribution in [2.75, 3.05) is 13.1 Å². The van der Waals surface area contributed by atoms with E-state index in [9.17, 15) is 18.0 Å². The van der Waals surface area contributed by atoms with E-state index in [2.05, 4.69) is 14.9 Å². The second kappa shape index (κ2) is 8.68. The fourth-order valence-electron chi connectivity index (χ4n) is 3.52. The van der Waals surface area contributed by atoms with Crippen molar-refractivity contribution in [2.24, 2.45) is 5.11 Å². The predicted molar refractivity (Wildman–Crippen MR) is 104 cm³/mol. The first-order valence-electron chi connectivity index (χ1n) is 9.37. The monoisotopic (exact) mass is 402 g/mol. The summed E-state index contributed by atoms with van der Waals surface area (Å²) < 4.78 is 40.1. The molecule has 0 aromatic heterocycles. The van der Waals surface area contributed by atoms with E-state index in [4.69, 9.17) is 5.53 Å². The fraction of sp³-hybridized carbons (Fsp3) is 0.381. The van der Waals surface area contributed by atoms with Gasteiger partial charge in [-0.25, -0.2) is 0 Å². The van der Waals surface area contributed by atoms with Gasteiger partial charge in [0.2, 0.25) is 0 Å². The molecule has 0 spiro atoms. The standard InChI is InChI=1S/C21H21F3N4O/c1-14-4-5-15(10-19(14)26-27-25)11-20(29)17-8-16(13-28-6-2-3-7-28)9-18(12-17)21(22,23)24/h4-5,8-10,12H,2-3,6-7,11,13H2,1H3. The zero-order valence-corrected chi connectivity index (χ0v) is 16.0.